The number of hydrogen-bond donors (Lipinski definition) is 0. The minimum Gasteiger partial charge on any atom is -0.350 e. The number of rotatable bonds is 1. The second-order valence-electron chi connectivity index (χ2n) is 3.88. The summed E-state index contributed by atoms with van der Waals surface area (Å²) in [5.41, 5.74) is 3.10. The lowest BCUT2D eigenvalue weighted by molar-refractivity contribution is 0.969. The Morgan fingerprint density at radius 1 is 1.24 bits per heavy atom. The monoisotopic (exact) mass is 251 g/mol. The lowest BCUT2D eigenvalue weighted by Crippen LogP contribution is -1.85. The Bertz CT molecular complexity index is 703. The van der Waals surface area contributed by atoms with Crippen molar-refractivity contribution in [1.29, 1.82) is 0 Å². The van der Waals surface area contributed by atoms with E-state index in [2.05, 4.69) is 32.9 Å². The summed E-state index contributed by atoms with van der Waals surface area (Å²) in [6.45, 7) is 0. The number of benzene rings is 1. The second kappa shape index (κ2) is 3.86. The summed E-state index contributed by atoms with van der Waals surface area (Å²) in [5.74, 6) is 0. The van der Waals surface area contributed by atoms with Crippen LogP contribution >= 0.6 is 11.6 Å². The summed E-state index contributed by atoms with van der Waals surface area (Å²) in [7, 11) is 2.02. The van der Waals surface area contributed by atoms with Crippen LogP contribution in [0.25, 0.3) is 22.2 Å². The number of hydrogen-bond acceptors (Lipinski definition) is 2. The molecule has 0 aliphatic carbocycles. The highest BCUT2D eigenvalue weighted by atomic mass is 35.5. The average Bonchev–Trinajstić information content (AvgIpc) is 2.68. The van der Waals surface area contributed by atoms with Crippen molar-refractivity contribution in [2.75, 3.05) is 0 Å². The fraction of sp³-hybridized carbons (Fsp3) is 0.0769. The van der Waals surface area contributed by atoms with Gasteiger partial charge in [0.15, 0.2) is 0 Å². The van der Waals surface area contributed by atoms with Gasteiger partial charge in [0.2, 0.25) is 5.28 Å². The van der Waals surface area contributed by atoms with E-state index in [1.54, 1.807) is 6.20 Å². The molecule has 2 aromatic heterocycles. The molecule has 92 valence electrons. The van der Waals surface area contributed by atoms with E-state index >= 15 is 0 Å². The molecule has 0 aliphatic heterocycles. The lowest BCUT2D eigenvalue weighted by Gasteiger charge is -1.98. The van der Waals surface area contributed by atoms with Gasteiger partial charge in [0.1, 0.15) is 0 Å². The normalized spacial score (nSPS) is 10.9. The van der Waals surface area contributed by atoms with Gasteiger partial charge in [-0.15, -0.1) is 0 Å². The molecule has 0 atom stereocenters. The third-order valence-corrected chi connectivity index (χ3v) is 2.98. The van der Waals surface area contributed by atoms with E-state index in [9.17, 15) is 0 Å². The summed E-state index contributed by atoms with van der Waals surface area (Å²) in [4.78, 5) is 8.15. The van der Waals surface area contributed by atoms with E-state index in [0.717, 1.165) is 11.3 Å². The van der Waals surface area contributed by atoms with E-state index < -0.39 is 0 Å². The van der Waals surface area contributed by atoms with Crippen molar-refractivity contribution in [3.05, 3.63) is 48.0 Å². The SMILES string of the molecule is Cn1cc(-c2ccnc(Cl)n2)c2ccccc21.[HH].[HH].[HH].[HH]. The van der Waals surface area contributed by atoms with Crippen LogP contribution in [0.3, 0.4) is 0 Å². The highest BCUT2D eigenvalue weighted by Crippen LogP contribution is 2.28. The zero-order chi connectivity index (χ0) is 11.8. The smallest absolute Gasteiger partial charge is 0.222 e. The molecule has 4 heteroatoms. The zero-order valence-corrected chi connectivity index (χ0v) is 10.0. The molecular weight excluding hydrogens is 234 g/mol. The summed E-state index contributed by atoms with van der Waals surface area (Å²) >= 11 is 5.82. The van der Waals surface area contributed by atoms with Gasteiger partial charge in [-0.05, 0) is 23.7 Å². The number of para-hydroxylation sites is 1. The Hall–Kier alpha value is -1.87. The Morgan fingerprint density at radius 2 is 2.06 bits per heavy atom. The van der Waals surface area contributed by atoms with Gasteiger partial charge in [0, 0.05) is 41.6 Å². The maximum atomic E-state index is 5.82. The molecule has 0 saturated carbocycles. The standard InChI is InChI=1S/C13H10ClN3.4H2/c1-17-8-10(9-4-2-3-5-12(9)17)11-6-7-15-13(14)16-11;;;;/h2-8H,1H3;4*1H. The Morgan fingerprint density at radius 3 is 2.88 bits per heavy atom. The van der Waals surface area contributed by atoms with Gasteiger partial charge < -0.3 is 4.57 Å². The van der Waals surface area contributed by atoms with Gasteiger partial charge in [-0.2, -0.15) is 0 Å². The number of fused-ring (bicyclic) bond motifs is 1. The van der Waals surface area contributed by atoms with E-state index in [4.69, 9.17) is 11.6 Å². The molecule has 0 saturated heterocycles. The molecule has 17 heavy (non-hydrogen) atoms. The van der Waals surface area contributed by atoms with Crippen LogP contribution in [0.5, 0.6) is 0 Å². The van der Waals surface area contributed by atoms with Crippen LogP contribution < -0.4 is 0 Å². The quantitative estimate of drug-likeness (QED) is 0.605. The maximum absolute atomic E-state index is 5.82. The molecule has 0 N–H and O–H groups in total. The predicted molar refractivity (Wildman–Crippen MR) is 77.4 cm³/mol. The van der Waals surface area contributed by atoms with Crippen molar-refractivity contribution in [2.45, 2.75) is 0 Å². The largest absolute Gasteiger partial charge is 0.350 e. The third kappa shape index (κ3) is 1.68. The van der Waals surface area contributed by atoms with Crippen LogP contribution in [0, 0.1) is 0 Å². The molecule has 0 aliphatic rings. The van der Waals surface area contributed by atoms with Gasteiger partial charge >= 0.3 is 0 Å². The van der Waals surface area contributed by atoms with Crippen LogP contribution in [-0.2, 0) is 7.05 Å². The molecule has 3 rings (SSSR count). The van der Waals surface area contributed by atoms with Gasteiger partial charge in [-0.3, -0.25) is 0 Å². The first-order valence-corrected chi connectivity index (χ1v) is 5.66. The fourth-order valence-electron chi connectivity index (χ4n) is 2.03. The van der Waals surface area contributed by atoms with Crippen LogP contribution in [-0.4, -0.2) is 14.5 Å². The minimum atomic E-state index is 0. The molecular formula is C13H18ClN3. The van der Waals surface area contributed by atoms with Gasteiger partial charge in [-0.25, -0.2) is 9.97 Å². The Labute approximate surface area is 110 Å². The lowest BCUT2D eigenvalue weighted by atomic mass is 10.1. The number of aryl methyl sites for hydroxylation is 1. The summed E-state index contributed by atoms with van der Waals surface area (Å²) in [6.07, 6.45) is 3.73. The Balaban J connectivity index is 0. The van der Waals surface area contributed by atoms with Gasteiger partial charge in [0.25, 0.3) is 0 Å². The van der Waals surface area contributed by atoms with Crippen molar-refractivity contribution in [3.63, 3.8) is 0 Å². The van der Waals surface area contributed by atoms with Crippen molar-refractivity contribution < 1.29 is 5.71 Å². The summed E-state index contributed by atoms with van der Waals surface area (Å²) in [6, 6.07) is 10.1. The van der Waals surface area contributed by atoms with E-state index in [1.165, 1.54) is 10.9 Å². The van der Waals surface area contributed by atoms with Crippen molar-refractivity contribution in [2.24, 2.45) is 7.05 Å². The highest BCUT2D eigenvalue weighted by Gasteiger charge is 2.09. The van der Waals surface area contributed by atoms with Crippen LogP contribution in [0.4, 0.5) is 0 Å². The fourth-order valence-corrected chi connectivity index (χ4v) is 2.18. The van der Waals surface area contributed by atoms with Gasteiger partial charge in [0.05, 0.1) is 5.69 Å². The van der Waals surface area contributed by atoms with Crippen LogP contribution in [0.15, 0.2) is 42.7 Å². The van der Waals surface area contributed by atoms with Crippen LogP contribution in [0.1, 0.15) is 5.71 Å². The molecule has 3 nitrogen and oxygen atoms in total. The second-order valence-corrected chi connectivity index (χ2v) is 4.22. The number of nitrogens with zero attached hydrogens (tertiary/aromatic N) is 3. The number of aromatic nitrogens is 3. The molecule has 2 heterocycles. The van der Waals surface area contributed by atoms with E-state index in [-0.39, 0.29) is 11.0 Å². The summed E-state index contributed by atoms with van der Waals surface area (Å²) < 4.78 is 2.08. The molecule has 0 bridgehead atoms. The molecule has 0 fully saturated rings. The molecule has 3 aromatic rings. The Kier molecular flexibility index (Phi) is 2.34. The molecule has 1 aromatic carbocycles. The van der Waals surface area contributed by atoms with E-state index in [0.29, 0.717) is 0 Å². The first-order chi connectivity index (χ1) is 8.25. The van der Waals surface area contributed by atoms with Crippen LogP contribution in [0.2, 0.25) is 5.28 Å². The first kappa shape index (κ1) is 10.3. The molecule has 0 radical (unpaired) electrons. The zero-order valence-electron chi connectivity index (χ0n) is 9.26. The van der Waals surface area contributed by atoms with Crippen molar-refractivity contribution in [3.8, 4) is 11.3 Å². The first-order valence-electron chi connectivity index (χ1n) is 5.29. The summed E-state index contributed by atoms with van der Waals surface area (Å²) in [5, 5.41) is 1.44. The van der Waals surface area contributed by atoms with Crippen molar-refractivity contribution in [1.82, 2.24) is 14.5 Å². The van der Waals surface area contributed by atoms with E-state index in [1.807, 2.05) is 25.2 Å². The maximum Gasteiger partial charge on any atom is 0.222 e. The van der Waals surface area contributed by atoms with Gasteiger partial charge in [-0.1, -0.05) is 18.2 Å². The van der Waals surface area contributed by atoms with Crippen molar-refractivity contribution >= 4 is 22.5 Å². The highest BCUT2D eigenvalue weighted by molar-refractivity contribution is 6.28. The topological polar surface area (TPSA) is 30.7 Å². The molecule has 0 amide bonds. The number of halogens is 1. The average molecular weight is 252 g/mol. The predicted octanol–water partition coefficient (Wildman–Crippen LogP) is 4.27. The third-order valence-electron chi connectivity index (χ3n) is 2.80. The molecule has 0 spiro atoms. The molecule has 0 unspecified atom stereocenters. The minimum absolute atomic E-state index is 0.